The van der Waals surface area contributed by atoms with Crippen LogP contribution in [-0.2, 0) is 17.6 Å². The lowest BCUT2D eigenvalue weighted by Crippen LogP contribution is -2.26. The fourth-order valence-corrected chi connectivity index (χ4v) is 5.54. The summed E-state index contributed by atoms with van der Waals surface area (Å²) in [6.45, 7) is 2.30. The zero-order chi connectivity index (χ0) is 19.7. The minimum Gasteiger partial charge on any atom is -0.410 e. The number of hydrogen-bond acceptors (Lipinski definition) is 6. The number of amides is 1. The average Bonchev–Trinajstić information content (AvgIpc) is 3.32. The molecule has 0 bridgehead atoms. The zero-order valence-electron chi connectivity index (χ0n) is 16.2. The third kappa shape index (κ3) is 4.00. The van der Waals surface area contributed by atoms with E-state index in [0.29, 0.717) is 11.1 Å². The normalized spacial score (nSPS) is 17.2. The Morgan fingerprint density at radius 3 is 2.82 bits per heavy atom. The molecule has 3 aromatic rings. The fraction of sp³-hybridized carbons (Fsp3) is 0.381. The second-order valence-electron chi connectivity index (χ2n) is 7.42. The van der Waals surface area contributed by atoms with E-state index in [9.17, 15) is 4.79 Å². The van der Waals surface area contributed by atoms with Crippen molar-refractivity contribution in [2.75, 3.05) is 14.1 Å². The van der Waals surface area contributed by atoms with Gasteiger partial charge >= 0.3 is 0 Å². The fourth-order valence-electron chi connectivity index (χ4n) is 3.39. The maximum atomic E-state index is 12.7. The Morgan fingerprint density at radius 1 is 1.29 bits per heavy atom. The lowest BCUT2D eigenvalue weighted by Gasteiger charge is -2.18. The molecule has 1 amide bonds. The third-order valence-corrected chi connectivity index (χ3v) is 7.23. The number of hydrogen-bond donors (Lipinski definition) is 0. The predicted octanol–water partition coefficient (Wildman–Crippen LogP) is 4.84. The number of carbonyl (C=O) groups is 1. The maximum Gasteiger partial charge on any atom is 0.278 e. The van der Waals surface area contributed by atoms with Crippen LogP contribution in [0.5, 0.6) is 0 Å². The number of thioether (sulfide) groups is 1. The van der Waals surface area contributed by atoms with Gasteiger partial charge in [-0.05, 0) is 54.1 Å². The van der Waals surface area contributed by atoms with Gasteiger partial charge in [0.25, 0.3) is 11.1 Å². The lowest BCUT2D eigenvalue weighted by atomic mass is 9.90. The smallest absolute Gasteiger partial charge is 0.278 e. The summed E-state index contributed by atoms with van der Waals surface area (Å²) in [5, 5.41) is 8.45. The molecular weight excluding hydrogens is 390 g/mol. The van der Waals surface area contributed by atoms with Crippen molar-refractivity contribution in [2.45, 2.75) is 36.7 Å². The second kappa shape index (κ2) is 8.09. The molecule has 0 unspecified atom stereocenters. The Balaban J connectivity index is 1.57. The summed E-state index contributed by atoms with van der Waals surface area (Å²) < 4.78 is 5.94. The molecule has 5 nitrogen and oxygen atoms in total. The summed E-state index contributed by atoms with van der Waals surface area (Å²) in [5.74, 6) is 1.27. The van der Waals surface area contributed by atoms with Crippen LogP contribution in [0.1, 0.15) is 34.6 Å². The van der Waals surface area contributed by atoms with Crippen molar-refractivity contribution >= 4 is 29.0 Å². The highest BCUT2D eigenvalue weighted by Gasteiger charge is 2.27. The molecule has 0 saturated carbocycles. The molecule has 1 aliphatic carbocycles. The number of fused-ring (bicyclic) bond motifs is 1. The number of likely N-dealkylation sites (N-methyl/N-ethyl adjacent to an activating group) is 1. The summed E-state index contributed by atoms with van der Waals surface area (Å²) in [6.07, 6.45) is 3.49. The van der Waals surface area contributed by atoms with Gasteiger partial charge in [0, 0.05) is 19.0 Å². The van der Waals surface area contributed by atoms with Crippen molar-refractivity contribution in [2.24, 2.45) is 5.92 Å². The summed E-state index contributed by atoms with van der Waals surface area (Å²) in [5.41, 5.74) is 2.34. The lowest BCUT2D eigenvalue weighted by molar-refractivity contribution is -0.128. The van der Waals surface area contributed by atoms with Crippen LogP contribution >= 0.6 is 23.1 Å². The van der Waals surface area contributed by atoms with Gasteiger partial charge in [-0.15, -0.1) is 21.5 Å². The van der Waals surface area contributed by atoms with Crippen molar-refractivity contribution in [3.8, 4) is 10.8 Å². The Kier molecular flexibility index (Phi) is 5.55. The van der Waals surface area contributed by atoms with Crippen molar-refractivity contribution in [1.82, 2.24) is 15.1 Å². The van der Waals surface area contributed by atoms with Gasteiger partial charge in [-0.25, -0.2) is 0 Å². The van der Waals surface area contributed by atoms with Crippen LogP contribution < -0.4 is 0 Å². The molecule has 0 N–H and O–H groups in total. The molecule has 0 fully saturated rings. The van der Waals surface area contributed by atoms with E-state index in [1.54, 1.807) is 30.3 Å². The van der Waals surface area contributed by atoms with Crippen molar-refractivity contribution in [3.63, 3.8) is 0 Å². The second-order valence-corrected chi connectivity index (χ2v) is 9.61. The van der Waals surface area contributed by atoms with E-state index in [4.69, 9.17) is 4.42 Å². The summed E-state index contributed by atoms with van der Waals surface area (Å²) in [4.78, 5) is 16.8. The number of thiophene rings is 1. The third-order valence-electron chi connectivity index (χ3n) is 4.93. The van der Waals surface area contributed by atoms with E-state index >= 15 is 0 Å². The van der Waals surface area contributed by atoms with Crippen LogP contribution in [-0.4, -0.2) is 35.1 Å². The number of aromatic nitrogens is 2. The zero-order valence-corrected chi connectivity index (χ0v) is 17.8. The van der Waals surface area contributed by atoms with E-state index in [0.717, 1.165) is 29.2 Å². The number of aryl methyl sites for hydroxylation is 1. The minimum atomic E-state index is -0.415. The Hall–Kier alpha value is -2.12. The van der Waals surface area contributed by atoms with Gasteiger partial charge in [0.05, 0.1) is 4.88 Å². The van der Waals surface area contributed by atoms with Crippen LogP contribution in [0.2, 0.25) is 0 Å². The molecule has 2 atom stereocenters. The van der Waals surface area contributed by atoms with Gasteiger partial charge in [-0.3, -0.25) is 4.79 Å². The quantitative estimate of drug-likeness (QED) is 0.560. The predicted molar refractivity (Wildman–Crippen MR) is 113 cm³/mol. The molecule has 0 saturated heterocycles. The van der Waals surface area contributed by atoms with Crippen molar-refractivity contribution < 1.29 is 9.21 Å². The topological polar surface area (TPSA) is 59.2 Å². The summed E-state index contributed by atoms with van der Waals surface area (Å²) >= 11 is 3.05. The Labute approximate surface area is 173 Å². The SMILES string of the molecule is C[C@@H]1CCc2sc(-c3nnc(S[C@@H](C(=O)N(C)C)c4ccccc4)o3)cc2C1. The van der Waals surface area contributed by atoms with Crippen LogP contribution in [0, 0.1) is 5.92 Å². The van der Waals surface area contributed by atoms with Crippen LogP contribution in [0.4, 0.5) is 0 Å². The summed E-state index contributed by atoms with van der Waals surface area (Å²) in [7, 11) is 3.52. The monoisotopic (exact) mass is 413 g/mol. The minimum absolute atomic E-state index is 0.00322. The van der Waals surface area contributed by atoms with Gasteiger partial charge in [0.1, 0.15) is 5.25 Å². The molecule has 146 valence electrons. The Morgan fingerprint density at radius 2 is 2.07 bits per heavy atom. The van der Waals surface area contributed by atoms with Gasteiger partial charge < -0.3 is 9.32 Å². The maximum absolute atomic E-state index is 12.7. The molecule has 0 radical (unpaired) electrons. The van der Waals surface area contributed by atoms with Crippen LogP contribution in [0.15, 0.2) is 46.0 Å². The van der Waals surface area contributed by atoms with E-state index < -0.39 is 5.25 Å². The van der Waals surface area contributed by atoms with E-state index in [-0.39, 0.29) is 5.91 Å². The standard InChI is InChI=1S/C21H23N3O2S2/c1-13-9-10-16-15(11-13)12-17(27-16)19-22-23-21(26-19)28-18(20(25)24(2)3)14-7-5-4-6-8-14/h4-8,12-13,18H,9-11H2,1-3H3/t13-,18-/m1/s1. The van der Waals surface area contributed by atoms with Gasteiger partial charge in [0.2, 0.25) is 5.91 Å². The first-order chi connectivity index (χ1) is 13.5. The molecule has 4 rings (SSSR count). The largest absolute Gasteiger partial charge is 0.410 e. The number of nitrogens with zero attached hydrogens (tertiary/aromatic N) is 3. The molecule has 1 aliphatic rings. The van der Waals surface area contributed by atoms with Gasteiger partial charge in [0.15, 0.2) is 0 Å². The van der Waals surface area contributed by atoms with Crippen molar-refractivity contribution in [3.05, 3.63) is 52.4 Å². The van der Waals surface area contributed by atoms with Gasteiger partial charge in [-0.1, -0.05) is 37.3 Å². The molecule has 28 heavy (non-hydrogen) atoms. The Bertz CT molecular complexity index is 965. The van der Waals surface area contributed by atoms with Crippen LogP contribution in [0.25, 0.3) is 10.8 Å². The highest BCUT2D eigenvalue weighted by molar-refractivity contribution is 8.00. The van der Waals surface area contributed by atoms with E-state index in [1.165, 1.54) is 28.6 Å². The van der Waals surface area contributed by atoms with E-state index in [1.807, 2.05) is 30.3 Å². The number of benzene rings is 1. The first-order valence-electron chi connectivity index (χ1n) is 9.39. The number of carbonyl (C=O) groups excluding carboxylic acids is 1. The molecule has 2 aromatic heterocycles. The molecule has 0 aliphatic heterocycles. The van der Waals surface area contributed by atoms with Gasteiger partial charge in [-0.2, -0.15) is 0 Å². The highest BCUT2D eigenvalue weighted by atomic mass is 32.2. The average molecular weight is 414 g/mol. The number of rotatable bonds is 5. The summed E-state index contributed by atoms with van der Waals surface area (Å²) in [6, 6.07) is 11.9. The van der Waals surface area contributed by atoms with Crippen molar-refractivity contribution in [1.29, 1.82) is 0 Å². The van der Waals surface area contributed by atoms with E-state index in [2.05, 4.69) is 23.2 Å². The molecule has 0 spiro atoms. The molecule has 7 heteroatoms. The molecular formula is C21H23N3O2S2. The molecule has 1 aromatic carbocycles. The highest BCUT2D eigenvalue weighted by Crippen LogP contribution is 2.40. The first kappa shape index (κ1) is 19.2. The van der Waals surface area contributed by atoms with Crippen LogP contribution in [0.3, 0.4) is 0 Å². The first-order valence-corrected chi connectivity index (χ1v) is 11.1. The molecule has 2 heterocycles.